The number of hydrogen-bond donors (Lipinski definition) is 1. The summed E-state index contributed by atoms with van der Waals surface area (Å²) in [5.41, 5.74) is 3.44. The first kappa shape index (κ1) is 21.1. The van der Waals surface area contributed by atoms with Crippen LogP contribution in [-0.4, -0.2) is 23.0 Å². The maximum absolute atomic E-state index is 12.2. The number of hydrogen-bond acceptors (Lipinski definition) is 7. The van der Waals surface area contributed by atoms with Gasteiger partial charge in [0.15, 0.2) is 10.9 Å². The van der Waals surface area contributed by atoms with Crippen molar-refractivity contribution in [2.75, 3.05) is 11.6 Å². The van der Waals surface area contributed by atoms with Crippen molar-refractivity contribution in [1.82, 2.24) is 4.98 Å². The molecule has 0 saturated carbocycles. The fourth-order valence-corrected chi connectivity index (χ4v) is 3.68. The van der Waals surface area contributed by atoms with Gasteiger partial charge in [0.2, 0.25) is 0 Å². The van der Waals surface area contributed by atoms with Crippen molar-refractivity contribution in [2.24, 2.45) is 0 Å². The molecule has 1 heterocycles. The number of rotatable bonds is 9. The molecule has 3 aromatic rings. The second-order valence-electron chi connectivity index (χ2n) is 6.45. The van der Waals surface area contributed by atoms with E-state index in [0.717, 1.165) is 15.7 Å². The number of carbonyl (C=O) groups excluding carboxylic acids is 2. The normalized spacial score (nSPS) is 10.6. The third-order valence-corrected chi connectivity index (χ3v) is 5.75. The summed E-state index contributed by atoms with van der Waals surface area (Å²) in [4.78, 5) is 29.7. The molecule has 0 radical (unpaired) electrons. The van der Waals surface area contributed by atoms with E-state index >= 15 is 0 Å². The summed E-state index contributed by atoms with van der Waals surface area (Å²) in [5, 5.41) is 5.82. The first-order valence-corrected chi connectivity index (χ1v) is 11.2. The van der Waals surface area contributed by atoms with E-state index in [1.807, 2.05) is 55.0 Å². The van der Waals surface area contributed by atoms with Crippen LogP contribution in [-0.2, 0) is 16.1 Å². The third kappa shape index (κ3) is 6.44. The van der Waals surface area contributed by atoms with Crippen LogP contribution in [0.25, 0.3) is 0 Å². The first-order valence-electron chi connectivity index (χ1n) is 9.14. The van der Waals surface area contributed by atoms with Crippen LogP contribution in [0, 0.1) is 6.92 Å². The number of esters is 1. The largest absolute Gasteiger partial charge is 0.459 e. The molecule has 0 spiro atoms. The average molecular weight is 427 g/mol. The van der Waals surface area contributed by atoms with Crippen LogP contribution in [0.4, 0.5) is 10.8 Å². The highest BCUT2D eigenvalue weighted by Gasteiger charge is 2.11. The Morgan fingerprint density at radius 2 is 1.79 bits per heavy atom. The van der Waals surface area contributed by atoms with E-state index in [9.17, 15) is 9.59 Å². The summed E-state index contributed by atoms with van der Waals surface area (Å²) >= 11 is 3.07. The first-order chi connectivity index (χ1) is 14.0. The van der Waals surface area contributed by atoms with Crippen molar-refractivity contribution in [1.29, 1.82) is 0 Å². The number of ketones is 1. The summed E-state index contributed by atoms with van der Waals surface area (Å²) < 4.78 is 5.25. The minimum absolute atomic E-state index is 0.0573. The van der Waals surface area contributed by atoms with Crippen molar-refractivity contribution in [3.63, 3.8) is 0 Å². The van der Waals surface area contributed by atoms with Crippen LogP contribution in [0.2, 0.25) is 0 Å². The van der Waals surface area contributed by atoms with Crippen molar-refractivity contribution in [3.05, 3.63) is 70.7 Å². The summed E-state index contributed by atoms with van der Waals surface area (Å²) in [7, 11) is 0. The van der Waals surface area contributed by atoms with Crippen LogP contribution < -0.4 is 5.32 Å². The van der Waals surface area contributed by atoms with E-state index < -0.39 is 5.97 Å². The van der Waals surface area contributed by atoms with Crippen LogP contribution in [0.5, 0.6) is 0 Å². The SMILES string of the molecule is CSc1ccc(C(=O)CCC(=O)OCc2csc(Nc3ccc(C)cc3)n2)cc1. The lowest BCUT2D eigenvalue weighted by Crippen LogP contribution is -2.08. The number of thioether (sulfide) groups is 1. The van der Waals surface area contributed by atoms with E-state index in [4.69, 9.17) is 4.74 Å². The highest BCUT2D eigenvalue weighted by molar-refractivity contribution is 7.98. The smallest absolute Gasteiger partial charge is 0.306 e. The molecule has 0 unspecified atom stereocenters. The molecule has 0 bridgehead atoms. The molecule has 0 atom stereocenters. The molecule has 29 heavy (non-hydrogen) atoms. The van der Waals surface area contributed by atoms with Gasteiger partial charge in [-0.25, -0.2) is 4.98 Å². The summed E-state index contributed by atoms with van der Waals surface area (Å²) in [5.74, 6) is -0.465. The monoisotopic (exact) mass is 426 g/mol. The Labute approximate surface area is 178 Å². The molecule has 2 aromatic carbocycles. The predicted molar refractivity (Wildman–Crippen MR) is 118 cm³/mol. The zero-order valence-electron chi connectivity index (χ0n) is 16.3. The summed E-state index contributed by atoms with van der Waals surface area (Å²) in [6.45, 7) is 2.13. The van der Waals surface area contributed by atoms with Gasteiger partial charge in [0, 0.05) is 27.9 Å². The van der Waals surface area contributed by atoms with E-state index in [0.29, 0.717) is 11.3 Å². The Hall–Kier alpha value is -2.64. The minimum Gasteiger partial charge on any atom is -0.459 e. The topological polar surface area (TPSA) is 68.3 Å². The lowest BCUT2D eigenvalue weighted by Gasteiger charge is -2.04. The Morgan fingerprint density at radius 3 is 2.48 bits per heavy atom. The molecule has 0 aliphatic carbocycles. The lowest BCUT2D eigenvalue weighted by molar-refractivity contribution is -0.145. The Kier molecular flexibility index (Phi) is 7.43. The van der Waals surface area contributed by atoms with Crippen molar-refractivity contribution < 1.29 is 14.3 Å². The zero-order chi connectivity index (χ0) is 20.6. The number of carbonyl (C=O) groups is 2. The van der Waals surface area contributed by atoms with Crippen LogP contribution in [0.15, 0.2) is 58.8 Å². The molecule has 0 aliphatic rings. The Morgan fingerprint density at radius 1 is 1.07 bits per heavy atom. The van der Waals surface area contributed by atoms with Gasteiger partial charge in [0.05, 0.1) is 12.1 Å². The molecule has 150 valence electrons. The van der Waals surface area contributed by atoms with E-state index in [1.54, 1.807) is 23.9 Å². The second kappa shape index (κ2) is 10.2. The van der Waals surface area contributed by atoms with Gasteiger partial charge >= 0.3 is 5.97 Å². The molecular formula is C22H22N2O3S2. The number of nitrogens with one attached hydrogen (secondary N) is 1. The van der Waals surface area contributed by atoms with Gasteiger partial charge < -0.3 is 10.1 Å². The van der Waals surface area contributed by atoms with Crippen molar-refractivity contribution in [2.45, 2.75) is 31.3 Å². The number of thiazole rings is 1. The van der Waals surface area contributed by atoms with Crippen molar-refractivity contribution >= 4 is 45.7 Å². The van der Waals surface area contributed by atoms with Gasteiger partial charge in [-0.3, -0.25) is 9.59 Å². The molecule has 0 fully saturated rings. The number of aryl methyl sites for hydroxylation is 1. The van der Waals surface area contributed by atoms with Gasteiger partial charge in [-0.1, -0.05) is 29.8 Å². The molecule has 3 rings (SSSR count). The number of anilines is 2. The van der Waals surface area contributed by atoms with Gasteiger partial charge in [0.1, 0.15) is 6.61 Å². The van der Waals surface area contributed by atoms with E-state index in [2.05, 4.69) is 10.3 Å². The zero-order valence-corrected chi connectivity index (χ0v) is 17.9. The third-order valence-electron chi connectivity index (χ3n) is 4.20. The number of ether oxygens (including phenoxy) is 1. The second-order valence-corrected chi connectivity index (χ2v) is 8.19. The highest BCUT2D eigenvalue weighted by atomic mass is 32.2. The fraction of sp³-hybridized carbons (Fsp3) is 0.227. The fourth-order valence-electron chi connectivity index (χ4n) is 2.55. The predicted octanol–water partition coefficient (Wildman–Crippen LogP) is 5.62. The maximum atomic E-state index is 12.2. The number of Topliss-reactive ketones (excluding diaryl/α,β-unsaturated/α-hetero) is 1. The van der Waals surface area contributed by atoms with Gasteiger partial charge in [-0.15, -0.1) is 23.1 Å². The molecule has 5 nitrogen and oxygen atoms in total. The van der Waals surface area contributed by atoms with Gasteiger partial charge in [0.25, 0.3) is 0 Å². The van der Waals surface area contributed by atoms with Crippen LogP contribution >= 0.6 is 23.1 Å². The Bertz CT molecular complexity index is 966. The van der Waals surface area contributed by atoms with Gasteiger partial charge in [-0.05, 0) is 37.4 Å². The molecular weight excluding hydrogens is 404 g/mol. The lowest BCUT2D eigenvalue weighted by atomic mass is 10.1. The minimum atomic E-state index is -0.403. The quantitative estimate of drug-likeness (QED) is 0.272. The van der Waals surface area contributed by atoms with Crippen LogP contribution in [0.1, 0.15) is 34.5 Å². The number of nitrogens with zero attached hydrogens (tertiary/aromatic N) is 1. The summed E-state index contributed by atoms with van der Waals surface area (Å²) in [6.07, 6.45) is 2.17. The molecule has 0 amide bonds. The standard InChI is InChI=1S/C22H22N2O3S2/c1-15-3-7-17(8-4-15)23-22-24-18(14-29-22)13-27-21(26)12-11-20(25)16-5-9-19(28-2)10-6-16/h3-10,14H,11-13H2,1-2H3,(H,23,24). The average Bonchev–Trinajstić information content (AvgIpc) is 3.19. The van der Waals surface area contributed by atoms with Crippen molar-refractivity contribution in [3.8, 4) is 0 Å². The Balaban J connectivity index is 1.42. The highest BCUT2D eigenvalue weighted by Crippen LogP contribution is 2.22. The number of benzene rings is 2. The molecule has 0 aliphatic heterocycles. The van der Waals surface area contributed by atoms with Crippen LogP contribution in [0.3, 0.4) is 0 Å². The van der Waals surface area contributed by atoms with Gasteiger partial charge in [-0.2, -0.15) is 0 Å². The maximum Gasteiger partial charge on any atom is 0.306 e. The molecule has 1 aromatic heterocycles. The summed E-state index contributed by atoms with van der Waals surface area (Å²) in [6, 6.07) is 15.4. The molecule has 1 N–H and O–H groups in total. The van der Waals surface area contributed by atoms with E-state index in [-0.39, 0.29) is 25.2 Å². The van der Waals surface area contributed by atoms with E-state index in [1.165, 1.54) is 16.9 Å². The molecule has 0 saturated heterocycles. The molecule has 7 heteroatoms. The number of aromatic nitrogens is 1.